The average molecular weight is 318 g/mol. The third-order valence-corrected chi connectivity index (χ3v) is 4.29. The standard InChI is InChI=1S/C11H12FIN2/c12-10-8(13)9(6-4-5-6)14-11(15-10)7-2-1-3-7/h6-7H,1-5H2. The quantitative estimate of drug-likeness (QED) is 0.617. The highest BCUT2D eigenvalue weighted by Gasteiger charge is 2.31. The maximum Gasteiger partial charge on any atom is 0.229 e. The lowest BCUT2D eigenvalue weighted by Gasteiger charge is -2.24. The van der Waals surface area contributed by atoms with Gasteiger partial charge in [0, 0.05) is 11.8 Å². The van der Waals surface area contributed by atoms with Crippen LogP contribution >= 0.6 is 22.6 Å². The summed E-state index contributed by atoms with van der Waals surface area (Å²) < 4.78 is 14.2. The summed E-state index contributed by atoms with van der Waals surface area (Å²) in [6.07, 6.45) is 5.82. The zero-order valence-corrected chi connectivity index (χ0v) is 10.5. The van der Waals surface area contributed by atoms with Crippen molar-refractivity contribution in [3.8, 4) is 0 Å². The van der Waals surface area contributed by atoms with Crippen molar-refractivity contribution in [2.75, 3.05) is 0 Å². The molecule has 0 aromatic carbocycles. The van der Waals surface area contributed by atoms with Crippen LogP contribution in [-0.2, 0) is 0 Å². The molecule has 1 aromatic heterocycles. The van der Waals surface area contributed by atoms with Gasteiger partial charge in [0.05, 0.1) is 9.26 Å². The monoisotopic (exact) mass is 318 g/mol. The fraction of sp³-hybridized carbons (Fsp3) is 0.636. The van der Waals surface area contributed by atoms with Gasteiger partial charge in [-0.3, -0.25) is 0 Å². The van der Waals surface area contributed by atoms with E-state index in [1.165, 1.54) is 6.42 Å². The minimum absolute atomic E-state index is 0.311. The molecule has 15 heavy (non-hydrogen) atoms. The van der Waals surface area contributed by atoms with Crippen molar-refractivity contribution in [1.29, 1.82) is 0 Å². The lowest BCUT2D eigenvalue weighted by molar-refractivity contribution is 0.391. The van der Waals surface area contributed by atoms with Crippen molar-refractivity contribution < 1.29 is 4.39 Å². The van der Waals surface area contributed by atoms with Crippen molar-refractivity contribution in [1.82, 2.24) is 9.97 Å². The van der Waals surface area contributed by atoms with E-state index in [2.05, 4.69) is 9.97 Å². The zero-order valence-electron chi connectivity index (χ0n) is 8.34. The van der Waals surface area contributed by atoms with Crippen LogP contribution in [0.4, 0.5) is 4.39 Å². The highest BCUT2D eigenvalue weighted by molar-refractivity contribution is 14.1. The van der Waals surface area contributed by atoms with E-state index in [1.54, 1.807) is 0 Å². The van der Waals surface area contributed by atoms with Gasteiger partial charge in [0.25, 0.3) is 0 Å². The molecule has 0 N–H and O–H groups in total. The summed E-state index contributed by atoms with van der Waals surface area (Å²) in [6, 6.07) is 0. The van der Waals surface area contributed by atoms with Gasteiger partial charge in [-0.25, -0.2) is 9.97 Å². The van der Waals surface area contributed by atoms with Gasteiger partial charge < -0.3 is 0 Å². The summed E-state index contributed by atoms with van der Waals surface area (Å²) in [4.78, 5) is 8.54. The molecule has 2 saturated carbocycles. The molecule has 0 spiro atoms. The molecule has 0 unspecified atom stereocenters. The molecule has 0 atom stereocenters. The van der Waals surface area contributed by atoms with Gasteiger partial charge in [-0.05, 0) is 48.3 Å². The Kier molecular flexibility index (Phi) is 2.41. The van der Waals surface area contributed by atoms with Crippen molar-refractivity contribution in [3.63, 3.8) is 0 Å². The molecule has 4 heteroatoms. The molecular weight excluding hydrogens is 306 g/mol. The van der Waals surface area contributed by atoms with Gasteiger partial charge in [0.15, 0.2) is 0 Å². The number of aromatic nitrogens is 2. The predicted octanol–water partition coefficient (Wildman–Crippen LogP) is 3.37. The largest absolute Gasteiger partial charge is 0.236 e. The molecule has 0 bridgehead atoms. The summed E-state index contributed by atoms with van der Waals surface area (Å²) in [5.41, 5.74) is 0.963. The molecule has 0 radical (unpaired) electrons. The van der Waals surface area contributed by atoms with E-state index in [-0.39, 0.29) is 5.95 Å². The third-order valence-electron chi connectivity index (χ3n) is 3.29. The second kappa shape index (κ2) is 3.64. The summed E-state index contributed by atoms with van der Waals surface area (Å²) in [5.74, 6) is 1.37. The van der Waals surface area contributed by atoms with Gasteiger partial charge in [0.2, 0.25) is 5.95 Å². The first-order chi connectivity index (χ1) is 7.25. The van der Waals surface area contributed by atoms with Crippen molar-refractivity contribution in [2.45, 2.75) is 43.9 Å². The van der Waals surface area contributed by atoms with E-state index in [1.807, 2.05) is 22.6 Å². The van der Waals surface area contributed by atoms with E-state index in [9.17, 15) is 4.39 Å². The molecule has 0 amide bonds. The maximum atomic E-state index is 13.6. The summed E-state index contributed by atoms with van der Waals surface area (Å²) in [7, 11) is 0. The zero-order chi connectivity index (χ0) is 10.4. The Morgan fingerprint density at radius 2 is 1.80 bits per heavy atom. The number of hydrogen-bond acceptors (Lipinski definition) is 2. The van der Waals surface area contributed by atoms with Crippen LogP contribution < -0.4 is 0 Å². The second-order valence-electron chi connectivity index (χ2n) is 4.47. The van der Waals surface area contributed by atoms with Gasteiger partial charge in [0.1, 0.15) is 5.82 Å². The van der Waals surface area contributed by atoms with Gasteiger partial charge in [-0.1, -0.05) is 6.42 Å². The molecular formula is C11H12FIN2. The first kappa shape index (κ1) is 9.93. The SMILES string of the molecule is Fc1nc(C2CCC2)nc(C2CC2)c1I. The Morgan fingerprint density at radius 1 is 1.07 bits per heavy atom. The lowest BCUT2D eigenvalue weighted by Crippen LogP contribution is -2.15. The molecule has 1 heterocycles. The van der Waals surface area contributed by atoms with Crippen LogP contribution in [0.15, 0.2) is 0 Å². The normalized spacial score (nSPS) is 21.5. The Hall–Kier alpha value is -0.260. The second-order valence-corrected chi connectivity index (χ2v) is 5.55. The van der Waals surface area contributed by atoms with Crippen LogP contribution in [0.1, 0.15) is 55.5 Å². The van der Waals surface area contributed by atoms with E-state index in [0.29, 0.717) is 15.4 Å². The van der Waals surface area contributed by atoms with E-state index in [4.69, 9.17) is 0 Å². The molecule has 0 aliphatic heterocycles. The Bertz CT molecular complexity index is 400. The first-order valence-electron chi connectivity index (χ1n) is 5.48. The molecule has 1 aromatic rings. The smallest absolute Gasteiger partial charge is 0.229 e. The fourth-order valence-corrected chi connectivity index (χ4v) is 2.61. The first-order valence-corrected chi connectivity index (χ1v) is 6.56. The number of hydrogen-bond donors (Lipinski definition) is 0. The highest BCUT2D eigenvalue weighted by atomic mass is 127. The van der Waals surface area contributed by atoms with Gasteiger partial charge in [-0.15, -0.1) is 0 Å². The summed E-state index contributed by atoms with van der Waals surface area (Å²) in [5, 5.41) is 0. The third kappa shape index (κ3) is 1.77. The van der Waals surface area contributed by atoms with E-state index >= 15 is 0 Å². The summed E-state index contributed by atoms with van der Waals surface area (Å²) in [6.45, 7) is 0. The fourth-order valence-electron chi connectivity index (χ4n) is 1.93. The van der Waals surface area contributed by atoms with Crippen LogP contribution in [0.5, 0.6) is 0 Å². The van der Waals surface area contributed by atoms with Gasteiger partial charge >= 0.3 is 0 Å². The van der Waals surface area contributed by atoms with Crippen LogP contribution in [0.2, 0.25) is 0 Å². The average Bonchev–Trinajstić information content (AvgIpc) is 2.90. The van der Waals surface area contributed by atoms with E-state index < -0.39 is 0 Å². The Labute approximate surface area is 102 Å². The van der Waals surface area contributed by atoms with Crippen LogP contribution in [0.25, 0.3) is 0 Å². The minimum Gasteiger partial charge on any atom is -0.236 e. The molecule has 2 aliphatic carbocycles. The van der Waals surface area contributed by atoms with E-state index in [0.717, 1.165) is 37.2 Å². The minimum atomic E-state index is -0.311. The van der Waals surface area contributed by atoms with Crippen molar-refractivity contribution in [3.05, 3.63) is 21.0 Å². The van der Waals surface area contributed by atoms with Crippen molar-refractivity contribution in [2.24, 2.45) is 0 Å². The molecule has 0 saturated heterocycles. The lowest BCUT2D eigenvalue weighted by atomic mass is 9.85. The topological polar surface area (TPSA) is 25.8 Å². The summed E-state index contributed by atoms with van der Waals surface area (Å²) >= 11 is 2.03. The molecule has 80 valence electrons. The predicted molar refractivity (Wildman–Crippen MR) is 63.3 cm³/mol. The van der Waals surface area contributed by atoms with Crippen LogP contribution in [0.3, 0.4) is 0 Å². The van der Waals surface area contributed by atoms with Crippen LogP contribution in [-0.4, -0.2) is 9.97 Å². The number of nitrogens with zero attached hydrogens (tertiary/aromatic N) is 2. The molecule has 2 nitrogen and oxygen atoms in total. The van der Waals surface area contributed by atoms with Gasteiger partial charge in [-0.2, -0.15) is 4.39 Å². The number of halogens is 2. The Balaban J connectivity index is 2.00. The molecule has 3 rings (SSSR count). The Morgan fingerprint density at radius 3 is 2.33 bits per heavy atom. The van der Waals surface area contributed by atoms with Crippen LogP contribution in [0, 0.1) is 9.52 Å². The molecule has 2 aliphatic rings. The number of rotatable bonds is 2. The maximum absolute atomic E-state index is 13.6. The van der Waals surface area contributed by atoms with Crippen molar-refractivity contribution >= 4 is 22.6 Å². The highest BCUT2D eigenvalue weighted by Crippen LogP contribution is 2.42. The molecule has 2 fully saturated rings.